The van der Waals surface area contributed by atoms with Crippen LogP contribution in [0, 0.1) is 5.92 Å². The number of nitrogens with one attached hydrogen (secondary N) is 1. The van der Waals surface area contributed by atoms with Crippen LogP contribution in [0.5, 0.6) is 0 Å². The largest absolute Gasteiger partial charge is 0.309 e. The van der Waals surface area contributed by atoms with Crippen molar-refractivity contribution in [1.29, 1.82) is 0 Å². The Balaban J connectivity index is 1.69. The second-order valence-electron chi connectivity index (χ2n) is 7.30. The first-order chi connectivity index (χ1) is 12.6. The Hall–Kier alpha value is -1.50. The number of hydrogen-bond donors (Lipinski definition) is 1. The number of hydrogen-bond acceptors (Lipinski definition) is 5. The molecule has 1 aliphatic carbocycles. The Labute approximate surface area is 161 Å². The van der Waals surface area contributed by atoms with Gasteiger partial charge in [-0.25, -0.2) is 4.98 Å². The second kappa shape index (κ2) is 7.25. The molecule has 3 aromatic rings. The van der Waals surface area contributed by atoms with Crippen LogP contribution in [0.1, 0.15) is 54.4 Å². The molecule has 0 radical (unpaired) electrons. The summed E-state index contributed by atoms with van der Waals surface area (Å²) in [5, 5.41) is 2.95. The van der Waals surface area contributed by atoms with Crippen molar-refractivity contribution in [3.63, 3.8) is 0 Å². The topological polar surface area (TPSA) is 49.0 Å². The third-order valence-electron chi connectivity index (χ3n) is 5.47. The van der Waals surface area contributed by atoms with Crippen molar-refractivity contribution >= 4 is 32.9 Å². The molecular weight excluding hydrogens is 362 g/mol. The van der Waals surface area contributed by atoms with E-state index in [2.05, 4.69) is 48.2 Å². The van der Waals surface area contributed by atoms with Gasteiger partial charge in [0.05, 0.1) is 11.4 Å². The SMILES string of the molecule is CCN(Cc1cccs1)[C@@H](C)c1nc2sc3c(c2c(=O)[nH]1)CC[C@@H](C)C3. The van der Waals surface area contributed by atoms with E-state index in [0.717, 1.165) is 42.0 Å². The summed E-state index contributed by atoms with van der Waals surface area (Å²) in [5.41, 5.74) is 1.29. The van der Waals surface area contributed by atoms with Gasteiger partial charge in [0, 0.05) is 16.3 Å². The van der Waals surface area contributed by atoms with Gasteiger partial charge in [-0.2, -0.15) is 0 Å². The summed E-state index contributed by atoms with van der Waals surface area (Å²) in [7, 11) is 0. The zero-order chi connectivity index (χ0) is 18.3. The smallest absolute Gasteiger partial charge is 0.259 e. The quantitative estimate of drug-likeness (QED) is 0.687. The van der Waals surface area contributed by atoms with Crippen molar-refractivity contribution in [2.24, 2.45) is 5.92 Å². The Kier molecular flexibility index (Phi) is 4.99. The number of thiophene rings is 2. The van der Waals surface area contributed by atoms with Gasteiger partial charge < -0.3 is 4.98 Å². The third-order valence-corrected chi connectivity index (χ3v) is 7.48. The lowest BCUT2D eigenvalue weighted by molar-refractivity contribution is 0.207. The van der Waals surface area contributed by atoms with Gasteiger partial charge in [0.25, 0.3) is 5.56 Å². The number of rotatable bonds is 5. The highest BCUT2D eigenvalue weighted by molar-refractivity contribution is 7.18. The van der Waals surface area contributed by atoms with Crippen LogP contribution in [0.25, 0.3) is 10.2 Å². The van der Waals surface area contributed by atoms with Crippen LogP contribution in [0.2, 0.25) is 0 Å². The van der Waals surface area contributed by atoms with Crippen molar-refractivity contribution in [1.82, 2.24) is 14.9 Å². The fourth-order valence-electron chi connectivity index (χ4n) is 3.86. The van der Waals surface area contributed by atoms with Gasteiger partial charge in [0.2, 0.25) is 0 Å². The molecule has 26 heavy (non-hydrogen) atoms. The molecule has 1 aliphatic rings. The molecule has 0 fully saturated rings. The fraction of sp³-hybridized carbons (Fsp3) is 0.500. The van der Waals surface area contributed by atoms with Gasteiger partial charge >= 0.3 is 0 Å². The molecule has 4 nitrogen and oxygen atoms in total. The Morgan fingerprint density at radius 2 is 2.31 bits per heavy atom. The summed E-state index contributed by atoms with van der Waals surface area (Å²) < 4.78 is 0. The molecule has 6 heteroatoms. The van der Waals surface area contributed by atoms with Crippen LogP contribution in [-0.4, -0.2) is 21.4 Å². The first-order valence-corrected chi connectivity index (χ1v) is 11.1. The molecule has 1 N–H and O–H groups in total. The van der Waals surface area contributed by atoms with E-state index >= 15 is 0 Å². The van der Waals surface area contributed by atoms with E-state index in [-0.39, 0.29) is 11.6 Å². The predicted molar refractivity (Wildman–Crippen MR) is 110 cm³/mol. The Morgan fingerprint density at radius 1 is 1.46 bits per heavy atom. The normalized spacial score (nSPS) is 18.4. The molecule has 0 saturated heterocycles. The highest BCUT2D eigenvalue weighted by Crippen LogP contribution is 2.36. The van der Waals surface area contributed by atoms with Gasteiger partial charge in [-0.15, -0.1) is 22.7 Å². The van der Waals surface area contributed by atoms with Crippen LogP contribution >= 0.6 is 22.7 Å². The molecule has 4 rings (SSSR count). The zero-order valence-corrected chi connectivity index (χ0v) is 17.2. The molecule has 138 valence electrons. The molecule has 0 unspecified atom stereocenters. The Morgan fingerprint density at radius 3 is 3.04 bits per heavy atom. The Bertz CT molecular complexity index is 958. The summed E-state index contributed by atoms with van der Waals surface area (Å²) in [6.07, 6.45) is 3.26. The first-order valence-electron chi connectivity index (χ1n) is 9.37. The maximum absolute atomic E-state index is 12.8. The van der Waals surface area contributed by atoms with E-state index < -0.39 is 0 Å². The van der Waals surface area contributed by atoms with Gasteiger partial charge in [-0.1, -0.05) is 19.9 Å². The summed E-state index contributed by atoms with van der Waals surface area (Å²) >= 11 is 3.50. The van der Waals surface area contributed by atoms with Gasteiger partial charge in [0.15, 0.2) is 0 Å². The predicted octanol–water partition coefficient (Wildman–Crippen LogP) is 4.75. The van der Waals surface area contributed by atoms with Crippen LogP contribution in [0.3, 0.4) is 0 Å². The van der Waals surface area contributed by atoms with Crippen LogP contribution in [0.15, 0.2) is 22.3 Å². The summed E-state index contributed by atoms with van der Waals surface area (Å²) in [6, 6.07) is 4.33. The number of aromatic amines is 1. The summed E-state index contributed by atoms with van der Waals surface area (Å²) in [4.78, 5) is 26.8. The minimum Gasteiger partial charge on any atom is -0.309 e. The zero-order valence-electron chi connectivity index (χ0n) is 15.5. The van der Waals surface area contributed by atoms with Crippen LogP contribution in [0.4, 0.5) is 0 Å². The van der Waals surface area contributed by atoms with E-state index in [4.69, 9.17) is 4.98 Å². The molecule has 0 spiro atoms. The number of aromatic nitrogens is 2. The van der Waals surface area contributed by atoms with Crippen molar-refractivity contribution in [3.8, 4) is 0 Å². The van der Waals surface area contributed by atoms with Crippen molar-refractivity contribution in [2.45, 2.75) is 52.6 Å². The van der Waals surface area contributed by atoms with Gasteiger partial charge in [-0.05, 0) is 55.7 Å². The molecule has 0 aromatic carbocycles. The fourth-order valence-corrected chi connectivity index (χ4v) is 5.98. The lowest BCUT2D eigenvalue weighted by Gasteiger charge is -2.26. The molecular formula is C20H25N3OS2. The van der Waals surface area contributed by atoms with E-state index in [1.165, 1.54) is 21.7 Å². The average Bonchev–Trinajstić information content (AvgIpc) is 3.25. The summed E-state index contributed by atoms with van der Waals surface area (Å²) in [5.74, 6) is 1.49. The standard InChI is InChI=1S/C20H25N3OS2/c1-4-23(11-14-6-5-9-25-14)13(3)18-21-19(24)17-15-8-7-12(2)10-16(15)26-20(17)22-18/h5-6,9,12-13H,4,7-8,10-11H2,1-3H3,(H,21,22,24)/t12-,13+/m1/s1. The molecule has 2 atom stereocenters. The van der Waals surface area contributed by atoms with E-state index in [1.54, 1.807) is 22.7 Å². The van der Waals surface area contributed by atoms with Crippen molar-refractivity contribution in [2.75, 3.05) is 6.54 Å². The minimum atomic E-state index is 0.0380. The number of nitrogens with zero attached hydrogens (tertiary/aromatic N) is 2. The third kappa shape index (κ3) is 3.26. The number of fused-ring (bicyclic) bond motifs is 3. The van der Waals surface area contributed by atoms with E-state index in [1.807, 2.05) is 0 Å². The molecule has 0 aliphatic heterocycles. The monoisotopic (exact) mass is 387 g/mol. The summed E-state index contributed by atoms with van der Waals surface area (Å²) in [6.45, 7) is 8.39. The molecule has 0 amide bonds. The lowest BCUT2D eigenvalue weighted by atomic mass is 9.89. The van der Waals surface area contributed by atoms with E-state index in [0.29, 0.717) is 5.92 Å². The van der Waals surface area contributed by atoms with Crippen LogP contribution in [-0.2, 0) is 19.4 Å². The maximum Gasteiger partial charge on any atom is 0.259 e. The highest BCUT2D eigenvalue weighted by Gasteiger charge is 2.25. The maximum atomic E-state index is 12.8. The molecule has 3 aromatic heterocycles. The lowest BCUT2D eigenvalue weighted by Crippen LogP contribution is -2.29. The van der Waals surface area contributed by atoms with Gasteiger partial charge in [0.1, 0.15) is 10.7 Å². The van der Waals surface area contributed by atoms with Gasteiger partial charge in [-0.3, -0.25) is 9.69 Å². The van der Waals surface area contributed by atoms with E-state index in [9.17, 15) is 4.79 Å². The highest BCUT2D eigenvalue weighted by atomic mass is 32.1. The number of aryl methyl sites for hydroxylation is 1. The minimum absolute atomic E-state index is 0.0380. The average molecular weight is 388 g/mol. The number of H-pyrrole nitrogens is 1. The van der Waals surface area contributed by atoms with Crippen LogP contribution < -0.4 is 5.56 Å². The second-order valence-corrected chi connectivity index (χ2v) is 9.42. The molecule has 0 saturated carbocycles. The van der Waals surface area contributed by atoms with Crippen molar-refractivity contribution < 1.29 is 0 Å². The molecule has 0 bridgehead atoms. The molecule has 3 heterocycles. The van der Waals surface area contributed by atoms with Crippen molar-refractivity contribution in [3.05, 3.63) is 49.0 Å². The first kappa shape index (κ1) is 17.9.